The molecule has 0 radical (unpaired) electrons. The number of nitrogens with two attached hydrogens (primary N) is 1. The summed E-state index contributed by atoms with van der Waals surface area (Å²) in [6.07, 6.45) is 10.5. The van der Waals surface area contributed by atoms with Crippen molar-refractivity contribution in [2.45, 2.75) is 38.5 Å². The molecule has 0 spiro atoms. The number of carbonyl (C=O) groups excluding carboxylic acids is 1. The summed E-state index contributed by atoms with van der Waals surface area (Å²) in [4.78, 5) is 25.2. The van der Waals surface area contributed by atoms with Crippen LogP contribution in [0.1, 0.15) is 38.5 Å². The van der Waals surface area contributed by atoms with Gasteiger partial charge in [0.2, 0.25) is 5.91 Å². The summed E-state index contributed by atoms with van der Waals surface area (Å²) < 4.78 is 0. The van der Waals surface area contributed by atoms with Gasteiger partial charge < -0.3 is 16.0 Å². The highest BCUT2D eigenvalue weighted by Crippen LogP contribution is 2.26. The smallest absolute Gasteiger partial charge is 0.255 e. The molecule has 1 aliphatic rings. The lowest BCUT2D eigenvalue weighted by molar-refractivity contribution is -0.114. The van der Waals surface area contributed by atoms with Crippen molar-refractivity contribution >= 4 is 34.0 Å². The van der Waals surface area contributed by atoms with E-state index in [1.807, 2.05) is 0 Å². The minimum Gasteiger partial charge on any atom is -0.329 e. The molecule has 5 nitrogen and oxygen atoms in total. The van der Waals surface area contributed by atoms with Gasteiger partial charge in [0.25, 0.3) is 5.56 Å². The number of fused-ring (bicyclic) bond motifs is 1. The number of halogens is 1. The van der Waals surface area contributed by atoms with Crippen molar-refractivity contribution < 1.29 is 4.79 Å². The Bertz CT molecular complexity index is 712. The molecular formula is C17H22ClN3O2. The van der Waals surface area contributed by atoms with Gasteiger partial charge >= 0.3 is 0 Å². The Labute approximate surface area is 140 Å². The molecule has 2 aromatic rings. The fourth-order valence-corrected chi connectivity index (χ4v) is 2.78. The third-order valence-electron chi connectivity index (χ3n) is 3.82. The van der Waals surface area contributed by atoms with E-state index in [9.17, 15) is 9.59 Å². The molecule has 0 aliphatic heterocycles. The van der Waals surface area contributed by atoms with E-state index in [1.54, 1.807) is 12.1 Å². The number of hydrogen-bond donors (Lipinski definition) is 3. The fraction of sp³-hybridized carbons (Fsp3) is 0.412. The molecule has 1 heterocycles. The Morgan fingerprint density at radius 2 is 1.78 bits per heavy atom. The summed E-state index contributed by atoms with van der Waals surface area (Å²) in [5.74, 6) is -0.337. The molecule has 1 aliphatic carbocycles. The zero-order valence-electron chi connectivity index (χ0n) is 13.0. The predicted octanol–water partition coefficient (Wildman–Crippen LogP) is 3.42. The topological polar surface area (TPSA) is 88.0 Å². The van der Waals surface area contributed by atoms with E-state index in [-0.39, 0.29) is 18.0 Å². The molecule has 0 unspecified atom stereocenters. The maximum Gasteiger partial charge on any atom is 0.255 e. The summed E-state index contributed by atoms with van der Waals surface area (Å²) in [5.41, 5.74) is 5.42. The first-order valence-corrected chi connectivity index (χ1v) is 8.30. The van der Waals surface area contributed by atoms with Crippen LogP contribution in [0.15, 0.2) is 29.2 Å². The summed E-state index contributed by atoms with van der Waals surface area (Å²) in [6, 6.07) is 4.88. The molecule has 1 amide bonds. The van der Waals surface area contributed by atoms with Gasteiger partial charge in [-0.2, -0.15) is 0 Å². The van der Waals surface area contributed by atoms with Crippen LogP contribution in [-0.4, -0.2) is 17.4 Å². The van der Waals surface area contributed by atoms with E-state index in [0.717, 1.165) is 0 Å². The molecule has 1 fully saturated rings. The highest BCUT2D eigenvalue weighted by Gasteiger charge is 2.07. The standard InChI is InChI=1S/C11H10ClN3O2.C6H12/c12-8-4-7-6(1-2-14-11(7)17)3-9(8)15-10(16)5-13;1-2-4-6-5-3-1/h1-4H,5,13H2,(H,14,17)(H,15,16);1-6H2. The van der Waals surface area contributed by atoms with Crippen LogP contribution in [0.4, 0.5) is 5.69 Å². The Hall–Kier alpha value is -1.85. The van der Waals surface area contributed by atoms with Crippen LogP contribution in [0.3, 0.4) is 0 Å². The number of aromatic amines is 1. The minimum atomic E-state index is -0.337. The highest BCUT2D eigenvalue weighted by molar-refractivity contribution is 6.34. The van der Waals surface area contributed by atoms with Gasteiger partial charge in [0.1, 0.15) is 0 Å². The van der Waals surface area contributed by atoms with Crippen molar-refractivity contribution in [3.63, 3.8) is 0 Å². The van der Waals surface area contributed by atoms with E-state index in [1.165, 1.54) is 50.8 Å². The Balaban J connectivity index is 0.000000268. The first-order chi connectivity index (χ1) is 11.1. The number of pyridine rings is 1. The second-order valence-electron chi connectivity index (χ2n) is 5.60. The number of amides is 1. The van der Waals surface area contributed by atoms with E-state index in [4.69, 9.17) is 17.3 Å². The van der Waals surface area contributed by atoms with Gasteiger partial charge in [-0.25, -0.2) is 0 Å². The third kappa shape index (κ3) is 5.08. The first kappa shape index (κ1) is 17.5. The quantitative estimate of drug-likeness (QED) is 0.785. The van der Waals surface area contributed by atoms with Crippen molar-refractivity contribution in [1.29, 1.82) is 0 Å². The normalized spacial score (nSPS) is 14.0. The molecule has 0 atom stereocenters. The largest absolute Gasteiger partial charge is 0.329 e. The van der Waals surface area contributed by atoms with Crippen LogP contribution in [0.5, 0.6) is 0 Å². The molecular weight excluding hydrogens is 314 g/mol. The number of aromatic nitrogens is 1. The van der Waals surface area contributed by atoms with Crippen LogP contribution in [0, 0.1) is 0 Å². The molecule has 1 aromatic carbocycles. The molecule has 6 heteroatoms. The third-order valence-corrected chi connectivity index (χ3v) is 4.13. The van der Waals surface area contributed by atoms with Crippen molar-refractivity contribution in [1.82, 2.24) is 4.98 Å². The van der Waals surface area contributed by atoms with Crippen molar-refractivity contribution in [3.05, 3.63) is 39.8 Å². The molecule has 124 valence electrons. The van der Waals surface area contributed by atoms with E-state index >= 15 is 0 Å². The molecule has 4 N–H and O–H groups in total. The van der Waals surface area contributed by atoms with Crippen LogP contribution < -0.4 is 16.6 Å². The average Bonchev–Trinajstić information content (AvgIpc) is 2.58. The number of H-pyrrole nitrogens is 1. The average molecular weight is 336 g/mol. The molecule has 3 rings (SSSR count). The summed E-state index contributed by atoms with van der Waals surface area (Å²) >= 11 is 5.97. The molecule has 23 heavy (non-hydrogen) atoms. The lowest BCUT2D eigenvalue weighted by Gasteiger charge is -2.07. The van der Waals surface area contributed by atoms with Crippen molar-refractivity contribution in [3.8, 4) is 0 Å². The second kappa shape index (κ2) is 8.70. The molecule has 0 saturated heterocycles. The van der Waals surface area contributed by atoms with Crippen LogP contribution >= 0.6 is 11.6 Å². The van der Waals surface area contributed by atoms with Crippen LogP contribution in [-0.2, 0) is 4.79 Å². The van der Waals surface area contributed by atoms with E-state index in [2.05, 4.69) is 10.3 Å². The number of anilines is 1. The van der Waals surface area contributed by atoms with Crippen LogP contribution in [0.25, 0.3) is 10.8 Å². The first-order valence-electron chi connectivity index (χ1n) is 7.92. The Kier molecular flexibility index (Phi) is 6.62. The number of hydrogen-bond acceptors (Lipinski definition) is 3. The van der Waals surface area contributed by atoms with E-state index in [0.29, 0.717) is 21.5 Å². The zero-order valence-corrected chi connectivity index (χ0v) is 13.8. The maximum atomic E-state index is 11.5. The molecule has 0 bridgehead atoms. The molecule has 1 saturated carbocycles. The molecule has 1 aromatic heterocycles. The Morgan fingerprint density at radius 1 is 1.17 bits per heavy atom. The van der Waals surface area contributed by atoms with Crippen molar-refractivity contribution in [2.24, 2.45) is 5.73 Å². The fourth-order valence-electron chi connectivity index (χ4n) is 2.57. The van der Waals surface area contributed by atoms with E-state index < -0.39 is 0 Å². The van der Waals surface area contributed by atoms with Crippen molar-refractivity contribution in [2.75, 3.05) is 11.9 Å². The summed E-state index contributed by atoms with van der Waals surface area (Å²) in [6.45, 7) is -0.121. The van der Waals surface area contributed by atoms with Gasteiger partial charge in [0, 0.05) is 11.6 Å². The maximum absolute atomic E-state index is 11.5. The van der Waals surface area contributed by atoms with Gasteiger partial charge in [0.15, 0.2) is 0 Å². The lowest BCUT2D eigenvalue weighted by atomic mass is 10.0. The van der Waals surface area contributed by atoms with Gasteiger partial charge in [-0.15, -0.1) is 0 Å². The monoisotopic (exact) mass is 335 g/mol. The zero-order chi connectivity index (χ0) is 16.7. The van der Waals surface area contributed by atoms with Crippen LogP contribution in [0.2, 0.25) is 5.02 Å². The number of rotatable bonds is 2. The summed E-state index contributed by atoms with van der Waals surface area (Å²) in [5, 5.41) is 4.04. The second-order valence-corrected chi connectivity index (χ2v) is 6.01. The number of nitrogens with one attached hydrogen (secondary N) is 2. The number of benzene rings is 1. The Morgan fingerprint density at radius 3 is 2.35 bits per heavy atom. The minimum absolute atomic E-state index is 0.121. The highest BCUT2D eigenvalue weighted by atomic mass is 35.5. The van der Waals surface area contributed by atoms with Gasteiger partial charge in [-0.05, 0) is 23.6 Å². The SMILES string of the molecule is C1CCCCC1.NCC(=O)Nc1cc2cc[nH]c(=O)c2cc1Cl. The lowest BCUT2D eigenvalue weighted by Crippen LogP contribution is -2.22. The van der Waals surface area contributed by atoms with Gasteiger partial charge in [-0.1, -0.05) is 50.1 Å². The van der Waals surface area contributed by atoms with Gasteiger partial charge in [-0.3, -0.25) is 9.59 Å². The van der Waals surface area contributed by atoms with Gasteiger partial charge in [0.05, 0.1) is 17.3 Å². The summed E-state index contributed by atoms with van der Waals surface area (Å²) in [7, 11) is 0. The predicted molar refractivity (Wildman–Crippen MR) is 95.0 cm³/mol. The number of carbonyl (C=O) groups is 1.